The van der Waals surface area contributed by atoms with Crippen LogP contribution in [0.5, 0.6) is 0 Å². The number of nitrogens with zero attached hydrogens (tertiary/aromatic N) is 1. The molecule has 0 saturated carbocycles. The van der Waals surface area contributed by atoms with E-state index in [-0.39, 0.29) is 12.2 Å². The summed E-state index contributed by atoms with van der Waals surface area (Å²) in [5.74, 6) is 0. The highest BCUT2D eigenvalue weighted by Crippen LogP contribution is 2.42. The molecule has 3 atom stereocenters. The lowest BCUT2D eigenvalue weighted by atomic mass is 9.82. The van der Waals surface area contributed by atoms with Gasteiger partial charge in [-0.1, -0.05) is 12.1 Å². The summed E-state index contributed by atoms with van der Waals surface area (Å²) >= 11 is 0. The van der Waals surface area contributed by atoms with Crippen LogP contribution in [0, 0.1) is 0 Å². The van der Waals surface area contributed by atoms with E-state index in [1.807, 2.05) is 31.1 Å². The molecule has 2 bridgehead atoms. The quantitative estimate of drug-likeness (QED) is 0.587. The summed E-state index contributed by atoms with van der Waals surface area (Å²) in [5.41, 5.74) is 7.60. The summed E-state index contributed by atoms with van der Waals surface area (Å²) in [6, 6.07) is 8.13. The number of ether oxygens (including phenoxy) is 1. The molecule has 0 aliphatic carbocycles. The summed E-state index contributed by atoms with van der Waals surface area (Å²) in [6.45, 7) is 2.66. The fraction of sp³-hybridized carbons (Fsp3) is 0.500. The Bertz CT molecular complexity index is 409. The molecule has 4 nitrogen and oxygen atoms in total. The molecule has 0 amide bonds. The molecule has 0 spiro atoms. The van der Waals surface area contributed by atoms with Crippen LogP contribution >= 0.6 is 0 Å². The van der Waals surface area contributed by atoms with E-state index in [2.05, 4.69) is 4.81 Å². The molecule has 17 heavy (non-hydrogen) atoms. The number of benzene rings is 1. The molecule has 5 heteroatoms. The third kappa shape index (κ3) is 1.84. The van der Waals surface area contributed by atoms with Crippen LogP contribution in [0.2, 0.25) is 6.82 Å². The summed E-state index contributed by atoms with van der Waals surface area (Å²) in [4.78, 5) is 2.12. The molecule has 2 aliphatic rings. The Balaban J connectivity index is 1.83. The van der Waals surface area contributed by atoms with E-state index in [0.717, 1.165) is 24.2 Å². The molecule has 2 heterocycles. The number of nitrogen functional groups attached to an aromatic ring is 1. The van der Waals surface area contributed by atoms with Crippen molar-refractivity contribution in [3.05, 3.63) is 29.8 Å². The number of hydrogen-bond acceptors (Lipinski definition) is 4. The van der Waals surface area contributed by atoms with Gasteiger partial charge < -0.3 is 20.3 Å². The summed E-state index contributed by atoms with van der Waals surface area (Å²) in [6.07, 6.45) is 1.35. The van der Waals surface area contributed by atoms with Crippen molar-refractivity contribution in [2.45, 2.75) is 31.5 Å². The number of nitrogens with two attached hydrogens (primary N) is 1. The van der Waals surface area contributed by atoms with Crippen LogP contribution in [0.15, 0.2) is 24.3 Å². The second-order valence-corrected chi connectivity index (χ2v) is 4.98. The molecular weight excluding hydrogens is 215 g/mol. The standard InChI is InChI=1S/C12H17BN2O2/c1-13(16)15-7-10-6-11(15)12(17-10)8-2-4-9(14)5-3-8/h2-5,10-12,16H,6-7,14H2,1H3. The predicted octanol–water partition coefficient (Wildman–Crippen LogP) is 0.893. The minimum absolute atomic E-state index is 0.0731. The molecule has 2 fully saturated rings. The van der Waals surface area contributed by atoms with Gasteiger partial charge in [0, 0.05) is 18.3 Å². The van der Waals surface area contributed by atoms with Crippen molar-refractivity contribution in [3.63, 3.8) is 0 Å². The van der Waals surface area contributed by atoms with Crippen LogP contribution in [0.4, 0.5) is 5.69 Å². The van der Waals surface area contributed by atoms with Gasteiger partial charge in [0.05, 0.1) is 12.2 Å². The van der Waals surface area contributed by atoms with E-state index in [1.165, 1.54) is 0 Å². The van der Waals surface area contributed by atoms with E-state index >= 15 is 0 Å². The molecule has 1 aromatic carbocycles. The van der Waals surface area contributed by atoms with Gasteiger partial charge in [0.1, 0.15) is 0 Å². The van der Waals surface area contributed by atoms with Crippen molar-refractivity contribution in [1.29, 1.82) is 0 Å². The van der Waals surface area contributed by atoms with Crippen molar-refractivity contribution < 1.29 is 9.76 Å². The van der Waals surface area contributed by atoms with Gasteiger partial charge in [0.2, 0.25) is 0 Å². The van der Waals surface area contributed by atoms with Crippen molar-refractivity contribution in [2.24, 2.45) is 0 Å². The predicted molar refractivity (Wildman–Crippen MR) is 67.4 cm³/mol. The highest BCUT2D eigenvalue weighted by Gasteiger charge is 2.48. The maximum absolute atomic E-state index is 9.73. The van der Waals surface area contributed by atoms with Crippen LogP contribution in [0.25, 0.3) is 0 Å². The van der Waals surface area contributed by atoms with Crippen LogP contribution < -0.4 is 5.73 Å². The van der Waals surface area contributed by atoms with Crippen LogP contribution in [0.3, 0.4) is 0 Å². The van der Waals surface area contributed by atoms with Crippen molar-refractivity contribution in [3.8, 4) is 0 Å². The number of anilines is 1. The number of rotatable bonds is 2. The monoisotopic (exact) mass is 232 g/mol. The first-order chi connectivity index (χ1) is 8.15. The lowest BCUT2D eigenvalue weighted by Gasteiger charge is -2.34. The minimum Gasteiger partial charge on any atom is -0.437 e. The smallest absolute Gasteiger partial charge is 0.376 e. The van der Waals surface area contributed by atoms with Gasteiger partial charge in [-0.15, -0.1) is 0 Å². The first-order valence-corrected chi connectivity index (χ1v) is 6.10. The third-order valence-corrected chi connectivity index (χ3v) is 3.78. The Morgan fingerprint density at radius 1 is 1.41 bits per heavy atom. The van der Waals surface area contributed by atoms with E-state index < -0.39 is 7.05 Å². The molecule has 1 aromatic rings. The van der Waals surface area contributed by atoms with Crippen molar-refractivity contribution in [2.75, 3.05) is 12.3 Å². The van der Waals surface area contributed by atoms with Gasteiger partial charge in [-0.3, -0.25) is 0 Å². The van der Waals surface area contributed by atoms with Crippen LogP contribution in [-0.2, 0) is 4.74 Å². The first kappa shape index (κ1) is 11.1. The molecule has 2 aliphatic heterocycles. The molecule has 3 unspecified atom stereocenters. The fourth-order valence-electron chi connectivity index (χ4n) is 2.96. The second kappa shape index (κ2) is 4.01. The zero-order chi connectivity index (χ0) is 12.0. The maximum Gasteiger partial charge on any atom is 0.376 e. The number of hydrogen-bond donors (Lipinski definition) is 2. The molecule has 0 aromatic heterocycles. The lowest BCUT2D eigenvalue weighted by Crippen LogP contribution is -2.46. The molecule has 2 saturated heterocycles. The van der Waals surface area contributed by atoms with Crippen molar-refractivity contribution in [1.82, 2.24) is 4.81 Å². The van der Waals surface area contributed by atoms with Crippen LogP contribution in [-0.4, -0.2) is 35.6 Å². The van der Waals surface area contributed by atoms with Gasteiger partial charge in [-0.2, -0.15) is 0 Å². The second-order valence-electron chi connectivity index (χ2n) is 4.98. The normalized spacial score (nSPS) is 32.0. The zero-order valence-corrected chi connectivity index (χ0v) is 9.91. The minimum atomic E-state index is -0.398. The highest BCUT2D eigenvalue weighted by atomic mass is 16.5. The van der Waals surface area contributed by atoms with Gasteiger partial charge in [0.25, 0.3) is 0 Å². The summed E-state index contributed by atoms with van der Waals surface area (Å²) in [5, 5.41) is 9.73. The molecule has 0 radical (unpaired) electrons. The molecular formula is C12H17BN2O2. The maximum atomic E-state index is 9.73. The Morgan fingerprint density at radius 3 is 2.71 bits per heavy atom. The average Bonchev–Trinajstić information content (AvgIpc) is 2.89. The zero-order valence-electron chi connectivity index (χ0n) is 9.91. The first-order valence-electron chi connectivity index (χ1n) is 6.10. The lowest BCUT2D eigenvalue weighted by molar-refractivity contribution is -0.0152. The Labute approximate surface area is 101 Å². The van der Waals surface area contributed by atoms with Crippen molar-refractivity contribution >= 4 is 12.7 Å². The number of fused-ring (bicyclic) bond motifs is 2. The topological polar surface area (TPSA) is 58.7 Å². The molecule has 90 valence electrons. The van der Waals surface area contributed by atoms with Gasteiger partial charge in [-0.25, -0.2) is 0 Å². The molecule has 3 rings (SSSR count). The SMILES string of the molecule is CB(O)N1CC2CC1C(c1ccc(N)cc1)O2. The largest absolute Gasteiger partial charge is 0.437 e. The Hall–Kier alpha value is -1.04. The van der Waals surface area contributed by atoms with E-state index in [0.29, 0.717) is 6.04 Å². The van der Waals surface area contributed by atoms with Crippen LogP contribution in [0.1, 0.15) is 18.1 Å². The molecule has 3 N–H and O–H groups in total. The number of morpholine rings is 1. The van der Waals surface area contributed by atoms with Gasteiger partial charge >= 0.3 is 7.05 Å². The van der Waals surface area contributed by atoms with Gasteiger partial charge in [-0.05, 0) is 30.9 Å². The summed E-state index contributed by atoms with van der Waals surface area (Å²) < 4.78 is 5.97. The van der Waals surface area contributed by atoms with E-state index in [1.54, 1.807) is 0 Å². The fourth-order valence-corrected chi connectivity index (χ4v) is 2.96. The van der Waals surface area contributed by atoms with Gasteiger partial charge in [0.15, 0.2) is 0 Å². The average molecular weight is 232 g/mol. The van der Waals surface area contributed by atoms with E-state index in [9.17, 15) is 5.02 Å². The van der Waals surface area contributed by atoms with E-state index in [4.69, 9.17) is 10.5 Å². The summed E-state index contributed by atoms with van der Waals surface area (Å²) in [7, 11) is -0.398. The Kier molecular flexibility index (Phi) is 2.62. The third-order valence-electron chi connectivity index (χ3n) is 3.78. The Morgan fingerprint density at radius 2 is 2.12 bits per heavy atom. The highest BCUT2D eigenvalue weighted by molar-refractivity contribution is 6.45.